The third-order valence-electron chi connectivity index (χ3n) is 3.76. The highest BCUT2D eigenvalue weighted by molar-refractivity contribution is 5.90. The van der Waals surface area contributed by atoms with E-state index in [9.17, 15) is 0 Å². The van der Waals surface area contributed by atoms with Gasteiger partial charge in [-0.05, 0) is 44.7 Å². The van der Waals surface area contributed by atoms with Crippen molar-refractivity contribution in [1.82, 2.24) is 10.3 Å². The normalized spacial score (nSPS) is 22.7. The fourth-order valence-corrected chi connectivity index (χ4v) is 2.34. The lowest BCUT2D eigenvalue weighted by Crippen LogP contribution is -2.35. The van der Waals surface area contributed by atoms with Crippen LogP contribution in [0.1, 0.15) is 38.3 Å². The lowest BCUT2D eigenvalue weighted by molar-refractivity contribution is 0.285. The van der Waals surface area contributed by atoms with E-state index in [1.54, 1.807) is 6.20 Å². The first-order chi connectivity index (χ1) is 10.1. The van der Waals surface area contributed by atoms with Crippen molar-refractivity contribution < 1.29 is 4.74 Å². The molecule has 5 heteroatoms. The van der Waals surface area contributed by atoms with Gasteiger partial charge in [-0.15, -0.1) is 0 Å². The Labute approximate surface area is 126 Å². The van der Waals surface area contributed by atoms with Crippen molar-refractivity contribution in [2.45, 2.75) is 51.3 Å². The summed E-state index contributed by atoms with van der Waals surface area (Å²) >= 11 is 0. The van der Waals surface area contributed by atoms with Crippen molar-refractivity contribution in [2.75, 3.05) is 0 Å². The van der Waals surface area contributed by atoms with E-state index < -0.39 is 0 Å². The molecule has 0 spiro atoms. The van der Waals surface area contributed by atoms with Gasteiger partial charge >= 0.3 is 0 Å². The second kappa shape index (κ2) is 7.78. The first-order valence-electron chi connectivity index (χ1n) is 7.45. The van der Waals surface area contributed by atoms with Gasteiger partial charge in [0, 0.05) is 30.1 Å². The van der Waals surface area contributed by atoms with Gasteiger partial charge in [-0.3, -0.25) is 10.4 Å². The highest BCUT2D eigenvalue weighted by Crippen LogP contribution is 2.17. The zero-order valence-corrected chi connectivity index (χ0v) is 12.5. The Morgan fingerprint density at radius 1 is 1.43 bits per heavy atom. The van der Waals surface area contributed by atoms with Crippen LogP contribution in [-0.4, -0.2) is 23.0 Å². The predicted octanol–water partition coefficient (Wildman–Crippen LogP) is 2.34. The van der Waals surface area contributed by atoms with Crippen molar-refractivity contribution in [3.05, 3.63) is 41.9 Å². The Balaban J connectivity index is 1.75. The third-order valence-corrected chi connectivity index (χ3v) is 3.76. The van der Waals surface area contributed by atoms with Crippen LogP contribution in [0, 0.1) is 5.41 Å². The average Bonchev–Trinajstić information content (AvgIpc) is 2.52. The molecule has 0 amide bonds. The SMILES string of the molecule is C/C(=C/N[C@H]1CC[C@H](N)CC1)C(=N)OCc1ccccn1. The predicted molar refractivity (Wildman–Crippen MR) is 83.9 cm³/mol. The Morgan fingerprint density at radius 3 is 2.86 bits per heavy atom. The fraction of sp³-hybridized carbons (Fsp3) is 0.500. The van der Waals surface area contributed by atoms with E-state index in [1.807, 2.05) is 31.3 Å². The molecular weight excluding hydrogens is 264 g/mol. The molecule has 1 aromatic rings. The molecule has 0 unspecified atom stereocenters. The summed E-state index contributed by atoms with van der Waals surface area (Å²) in [4.78, 5) is 4.17. The molecule has 1 aliphatic carbocycles. The molecule has 4 N–H and O–H groups in total. The second-order valence-electron chi connectivity index (χ2n) is 5.54. The number of nitrogens with two attached hydrogens (primary N) is 1. The van der Waals surface area contributed by atoms with Crippen molar-refractivity contribution in [3.8, 4) is 0 Å². The van der Waals surface area contributed by atoms with E-state index in [-0.39, 0.29) is 5.90 Å². The van der Waals surface area contributed by atoms with Gasteiger partial charge in [0.1, 0.15) is 6.61 Å². The van der Waals surface area contributed by atoms with Crippen LogP contribution in [0.3, 0.4) is 0 Å². The highest BCUT2D eigenvalue weighted by Gasteiger charge is 2.17. The maximum absolute atomic E-state index is 7.92. The largest absolute Gasteiger partial charge is 0.471 e. The molecule has 21 heavy (non-hydrogen) atoms. The summed E-state index contributed by atoms with van der Waals surface area (Å²) in [5, 5.41) is 11.3. The topological polar surface area (TPSA) is 84.0 Å². The van der Waals surface area contributed by atoms with Gasteiger partial charge in [-0.25, -0.2) is 0 Å². The number of aromatic nitrogens is 1. The summed E-state index contributed by atoms with van der Waals surface area (Å²) in [5.74, 6) is 0.181. The molecule has 1 heterocycles. The Bertz CT molecular complexity index is 478. The summed E-state index contributed by atoms with van der Waals surface area (Å²) in [5.41, 5.74) is 7.51. The number of nitrogens with zero attached hydrogens (tertiary/aromatic N) is 1. The molecule has 1 fully saturated rings. The number of nitrogens with one attached hydrogen (secondary N) is 2. The van der Waals surface area contributed by atoms with Crippen LogP contribution in [0.15, 0.2) is 36.2 Å². The van der Waals surface area contributed by atoms with Crippen LogP contribution >= 0.6 is 0 Å². The molecule has 114 valence electrons. The molecule has 5 nitrogen and oxygen atoms in total. The van der Waals surface area contributed by atoms with Crippen LogP contribution in [0.25, 0.3) is 0 Å². The lowest BCUT2D eigenvalue weighted by atomic mass is 9.92. The molecule has 0 atom stereocenters. The first-order valence-corrected chi connectivity index (χ1v) is 7.45. The van der Waals surface area contributed by atoms with Crippen LogP contribution in [0.2, 0.25) is 0 Å². The molecule has 0 saturated heterocycles. The van der Waals surface area contributed by atoms with Gasteiger partial charge in [-0.1, -0.05) is 6.07 Å². The molecule has 0 bridgehead atoms. The number of hydrogen-bond acceptors (Lipinski definition) is 5. The monoisotopic (exact) mass is 288 g/mol. The van der Waals surface area contributed by atoms with E-state index >= 15 is 0 Å². The lowest BCUT2D eigenvalue weighted by Gasteiger charge is -2.26. The minimum atomic E-state index is 0.181. The molecule has 1 aromatic heterocycles. The van der Waals surface area contributed by atoms with Gasteiger partial charge in [0.2, 0.25) is 5.90 Å². The van der Waals surface area contributed by atoms with Crippen molar-refractivity contribution in [2.24, 2.45) is 5.73 Å². The van der Waals surface area contributed by atoms with Gasteiger partial charge in [-0.2, -0.15) is 0 Å². The molecule has 1 aliphatic rings. The molecular formula is C16H24N4O. The van der Waals surface area contributed by atoms with Gasteiger partial charge < -0.3 is 15.8 Å². The zero-order valence-electron chi connectivity index (χ0n) is 12.5. The van der Waals surface area contributed by atoms with E-state index in [4.69, 9.17) is 15.9 Å². The third kappa shape index (κ3) is 5.19. The van der Waals surface area contributed by atoms with Crippen LogP contribution in [0.5, 0.6) is 0 Å². The minimum Gasteiger partial charge on any atom is -0.471 e. The molecule has 0 aromatic carbocycles. The van der Waals surface area contributed by atoms with E-state index in [0.29, 0.717) is 18.7 Å². The summed E-state index contributed by atoms with van der Waals surface area (Å²) in [6.45, 7) is 2.20. The number of hydrogen-bond donors (Lipinski definition) is 3. The number of ether oxygens (including phenoxy) is 1. The molecule has 0 aliphatic heterocycles. The molecule has 0 radical (unpaired) electrons. The van der Waals surface area contributed by atoms with Crippen LogP contribution < -0.4 is 11.1 Å². The van der Waals surface area contributed by atoms with Gasteiger partial charge in [0.15, 0.2) is 0 Å². The number of rotatable bonds is 5. The smallest absolute Gasteiger partial charge is 0.210 e. The summed E-state index contributed by atoms with van der Waals surface area (Å²) < 4.78 is 5.44. The maximum atomic E-state index is 7.92. The average molecular weight is 288 g/mol. The highest BCUT2D eigenvalue weighted by atomic mass is 16.5. The first kappa shape index (κ1) is 15.5. The Hall–Kier alpha value is -1.88. The van der Waals surface area contributed by atoms with Crippen molar-refractivity contribution in [1.29, 1.82) is 5.41 Å². The van der Waals surface area contributed by atoms with Crippen LogP contribution in [-0.2, 0) is 11.3 Å². The standard InChI is InChI=1S/C16H24N4O/c1-12(10-20-14-7-5-13(17)6-8-14)16(18)21-11-15-4-2-3-9-19-15/h2-4,9-10,13-14,18,20H,5-8,11,17H2,1H3/b12-10-,18-16?/t13-,14-. The second-order valence-corrected chi connectivity index (χ2v) is 5.54. The van der Waals surface area contributed by atoms with E-state index in [2.05, 4.69) is 10.3 Å². The van der Waals surface area contributed by atoms with Crippen molar-refractivity contribution in [3.63, 3.8) is 0 Å². The molecule has 2 rings (SSSR count). The number of pyridine rings is 1. The fourth-order valence-electron chi connectivity index (χ4n) is 2.34. The minimum absolute atomic E-state index is 0.181. The van der Waals surface area contributed by atoms with Gasteiger partial charge in [0.05, 0.1) is 5.69 Å². The van der Waals surface area contributed by atoms with E-state index in [0.717, 1.165) is 37.0 Å². The van der Waals surface area contributed by atoms with E-state index in [1.165, 1.54) is 0 Å². The molecule has 1 saturated carbocycles. The van der Waals surface area contributed by atoms with Gasteiger partial charge in [0.25, 0.3) is 0 Å². The van der Waals surface area contributed by atoms with Crippen LogP contribution in [0.4, 0.5) is 0 Å². The zero-order chi connectivity index (χ0) is 15.1. The summed E-state index contributed by atoms with van der Waals surface area (Å²) in [6.07, 6.45) is 7.92. The Kier molecular flexibility index (Phi) is 5.75. The maximum Gasteiger partial charge on any atom is 0.210 e. The Morgan fingerprint density at radius 2 is 2.19 bits per heavy atom. The summed E-state index contributed by atoms with van der Waals surface area (Å²) in [6, 6.07) is 6.47. The quantitative estimate of drug-likeness (QED) is 0.573. The van der Waals surface area contributed by atoms with Crippen molar-refractivity contribution >= 4 is 5.90 Å². The summed E-state index contributed by atoms with van der Waals surface area (Å²) in [7, 11) is 0.